The van der Waals surface area contributed by atoms with Gasteiger partial charge in [-0.2, -0.15) is 0 Å². The van der Waals surface area contributed by atoms with E-state index in [2.05, 4.69) is 26.2 Å². The molecule has 4 nitrogen and oxygen atoms in total. The summed E-state index contributed by atoms with van der Waals surface area (Å²) in [6, 6.07) is 5.51. The van der Waals surface area contributed by atoms with Crippen LogP contribution in [0, 0.1) is 13.8 Å². The molecule has 1 aromatic carbocycles. The lowest BCUT2D eigenvalue weighted by molar-refractivity contribution is 0.102. The first-order valence-corrected chi connectivity index (χ1v) is 6.56. The second-order valence-corrected chi connectivity index (χ2v) is 5.25. The summed E-state index contributed by atoms with van der Waals surface area (Å²) in [5, 5.41) is 2.88. The maximum atomic E-state index is 12.2. The number of halogens is 1. The molecule has 0 aliphatic heterocycles. The molecule has 0 spiro atoms. The molecule has 0 bridgehead atoms. The summed E-state index contributed by atoms with van der Waals surface area (Å²) in [7, 11) is 0. The number of carbonyl (C=O) groups is 1. The number of aromatic nitrogens is 1. The Balaban J connectivity index is 2.32. The van der Waals surface area contributed by atoms with Crippen LogP contribution in [0.5, 0.6) is 0 Å². The fraction of sp³-hybridized carbons (Fsp3) is 0.143. The Hall–Kier alpha value is -1.88. The van der Waals surface area contributed by atoms with E-state index in [4.69, 9.17) is 5.73 Å². The number of nitrogens with zero attached hydrogens (tertiary/aromatic N) is 1. The van der Waals surface area contributed by atoms with Gasteiger partial charge < -0.3 is 11.1 Å². The van der Waals surface area contributed by atoms with Crippen LogP contribution >= 0.6 is 15.9 Å². The highest BCUT2D eigenvalue weighted by atomic mass is 79.9. The molecule has 1 amide bonds. The molecule has 0 unspecified atom stereocenters. The number of rotatable bonds is 2. The van der Waals surface area contributed by atoms with Crippen LogP contribution in [-0.2, 0) is 0 Å². The first kappa shape index (κ1) is 13.5. The number of hydrogen-bond donors (Lipinski definition) is 2. The van der Waals surface area contributed by atoms with Crippen molar-refractivity contribution in [2.75, 3.05) is 11.1 Å². The molecular weight excluding hydrogens is 306 g/mol. The topological polar surface area (TPSA) is 68.0 Å². The van der Waals surface area contributed by atoms with Crippen molar-refractivity contribution < 1.29 is 4.79 Å². The molecule has 19 heavy (non-hydrogen) atoms. The van der Waals surface area contributed by atoms with Gasteiger partial charge in [0.1, 0.15) is 0 Å². The quantitative estimate of drug-likeness (QED) is 0.892. The van der Waals surface area contributed by atoms with Crippen LogP contribution in [0.15, 0.2) is 35.1 Å². The van der Waals surface area contributed by atoms with E-state index in [0.717, 1.165) is 21.3 Å². The molecular formula is C14H14BrN3O. The maximum absolute atomic E-state index is 12.2. The lowest BCUT2D eigenvalue weighted by Gasteiger charge is -2.13. The lowest BCUT2D eigenvalue weighted by Crippen LogP contribution is -2.15. The third-order valence-corrected chi connectivity index (χ3v) is 3.29. The van der Waals surface area contributed by atoms with Crippen LogP contribution in [-0.4, -0.2) is 10.9 Å². The summed E-state index contributed by atoms with van der Waals surface area (Å²) in [6.45, 7) is 3.89. The molecule has 0 aliphatic carbocycles. The molecule has 1 aromatic heterocycles. The number of carbonyl (C=O) groups excluding carboxylic acids is 1. The van der Waals surface area contributed by atoms with Crippen LogP contribution in [0.1, 0.15) is 21.5 Å². The summed E-state index contributed by atoms with van der Waals surface area (Å²) < 4.78 is 0.987. The van der Waals surface area contributed by atoms with E-state index < -0.39 is 0 Å². The Labute approximate surface area is 120 Å². The zero-order valence-corrected chi connectivity index (χ0v) is 12.3. The molecule has 0 saturated carbocycles. The Morgan fingerprint density at radius 3 is 2.53 bits per heavy atom. The molecule has 0 aliphatic rings. The zero-order chi connectivity index (χ0) is 14.0. The third kappa shape index (κ3) is 2.93. The molecule has 0 radical (unpaired) electrons. The Morgan fingerprint density at radius 2 is 1.95 bits per heavy atom. The number of anilines is 2. The number of pyridine rings is 1. The second-order valence-electron chi connectivity index (χ2n) is 4.33. The fourth-order valence-corrected chi connectivity index (χ4v) is 2.57. The molecule has 98 valence electrons. The average molecular weight is 320 g/mol. The van der Waals surface area contributed by atoms with Crippen LogP contribution in [0.4, 0.5) is 11.4 Å². The largest absolute Gasteiger partial charge is 0.398 e. The number of nitrogen functional groups attached to an aromatic ring is 1. The molecule has 2 aromatic rings. The smallest absolute Gasteiger partial charge is 0.259 e. The van der Waals surface area contributed by atoms with E-state index in [1.54, 1.807) is 12.3 Å². The summed E-state index contributed by atoms with van der Waals surface area (Å²) >= 11 is 3.43. The van der Waals surface area contributed by atoms with Crippen molar-refractivity contribution in [3.05, 3.63) is 51.8 Å². The van der Waals surface area contributed by atoms with Crippen molar-refractivity contribution in [3.8, 4) is 0 Å². The normalized spacial score (nSPS) is 10.3. The molecule has 3 N–H and O–H groups in total. The number of hydrogen-bond acceptors (Lipinski definition) is 3. The molecule has 0 saturated heterocycles. The van der Waals surface area contributed by atoms with Crippen LogP contribution in [0.3, 0.4) is 0 Å². The monoisotopic (exact) mass is 319 g/mol. The van der Waals surface area contributed by atoms with Crippen LogP contribution < -0.4 is 11.1 Å². The van der Waals surface area contributed by atoms with Crippen molar-refractivity contribution in [3.63, 3.8) is 0 Å². The second kappa shape index (κ2) is 5.40. The molecule has 0 atom stereocenters. The van der Waals surface area contributed by atoms with Crippen LogP contribution in [0.2, 0.25) is 0 Å². The van der Waals surface area contributed by atoms with E-state index >= 15 is 0 Å². The van der Waals surface area contributed by atoms with Crippen molar-refractivity contribution in [1.29, 1.82) is 0 Å². The van der Waals surface area contributed by atoms with E-state index in [0.29, 0.717) is 11.3 Å². The minimum Gasteiger partial charge on any atom is -0.398 e. The standard InChI is InChI=1S/C14H14BrN3O/c1-8-5-10(15)6-9(2)13(8)18-14(19)11-7-17-4-3-12(11)16/h3-7H,1-2H3,(H2,16,17)(H,18,19). The molecule has 0 fully saturated rings. The van der Waals surface area contributed by atoms with Gasteiger partial charge in [0.25, 0.3) is 5.91 Å². The Bertz CT molecular complexity index is 617. The highest BCUT2D eigenvalue weighted by Crippen LogP contribution is 2.26. The zero-order valence-electron chi connectivity index (χ0n) is 10.7. The van der Waals surface area contributed by atoms with E-state index in [1.807, 2.05) is 26.0 Å². The van der Waals surface area contributed by atoms with Crippen molar-refractivity contribution >= 4 is 33.2 Å². The van der Waals surface area contributed by atoms with Gasteiger partial charge in [0, 0.05) is 28.2 Å². The highest BCUT2D eigenvalue weighted by molar-refractivity contribution is 9.10. The van der Waals surface area contributed by atoms with Gasteiger partial charge in [-0.15, -0.1) is 0 Å². The number of nitrogens with one attached hydrogen (secondary N) is 1. The lowest BCUT2D eigenvalue weighted by atomic mass is 10.1. The minimum absolute atomic E-state index is 0.251. The first-order valence-electron chi connectivity index (χ1n) is 5.76. The van der Waals surface area contributed by atoms with Crippen LogP contribution in [0.25, 0.3) is 0 Å². The summed E-state index contributed by atoms with van der Waals surface area (Å²) in [5.41, 5.74) is 9.34. The van der Waals surface area contributed by atoms with Gasteiger partial charge in [-0.05, 0) is 43.2 Å². The van der Waals surface area contributed by atoms with Gasteiger partial charge in [-0.3, -0.25) is 9.78 Å². The maximum Gasteiger partial charge on any atom is 0.259 e. The van der Waals surface area contributed by atoms with Crippen molar-refractivity contribution in [2.24, 2.45) is 0 Å². The minimum atomic E-state index is -0.251. The van der Waals surface area contributed by atoms with Crippen molar-refractivity contribution in [2.45, 2.75) is 13.8 Å². The average Bonchev–Trinajstić information content (AvgIpc) is 2.34. The predicted octanol–water partition coefficient (Wildman–Crippen LogP) is 3.30. The summed E-state index contributed by atoms with van der Waals surface area (Å²) in [5.74, 6) is -0.251. The number of benzene rings is 1. The summed E-state index contributed by atoms with van der Waals surface area (Å²) in [6.07, 6.45) is 3.02. The Kier molecular flexibility index (Phi) is 3.85. The molecule has 1 heterocycles. The SMILES string of the molecule is Cc1cc(Br)cc(C)c1NC(=O)c1cnccc1N. The van der Waals surface area contributed by atoms with Gasteiger partial charge >= 0.3 is 0 Å². The fourth-order valence-electron chi connectivity index (χ4n) is 1.88. The molecule has 2 rings (SSSR count). The van der Waals surface area contributed by atoms with E-state index in [9.17, 15) is 4.79 Å². The van der Waals surface area contributed by atoms with Gasteiger partial charge in [-0.1, -0.05) is 15.9 Å². The number of aryl methyl sites for hydroxylation is 2. The summed E-state index contributed by atoms with van der Waals surface area (Å²) in [4.78, 5) is 16.1. The highest BCUT2D eigenvalue weighted by Gasteiger charge is 2.12. The third-order valence-electron chi connectivity index (χ3n) is 2.84. The van der Waals surface area contributed by atoms with Gasteiger partial charge in [0.05, 0.1) is 5.56 Å². The number of nitrogens with two attached hydrogens (primary N) is 1. The number of amides is 1. The van der Waals surface area contributed by atoms with E-state index in [-0.39, 0.29) is 5.91 Å². The molecule has 5 heteroatoms. The predicted molar refractivity (Wildman–Crippen MR) is 80.2 cm³/mol. The van der Waals surface area contributed by atoms with E-state index in [1.165, 1.54) is 6.20 Å². The van der Waals surface area contributed by atoms with Gasteiger partial charge in [-0.25, -0.2) is 0 Å². The van der Waals surface area contributed by atoms with Gasteiger partial charge in [0.2, 0.25) is 0 Å². The van der Waals surface area contributed by atoms with Gasteiger partial charge in [0.15, 0.2) is 0 Å². The first-order chi connectivity index (χ1) is 8.99. The Morgan fingerprint density at radius 1 is 1.32 bits per heavy atom. The van der Waals surface area contributed by atoms with Crippen molar-refractivity contribution in [1.82, 2.24) is 4.98 Å².